The maximum absolute atomic E-state index is 12.0. The molecule has 5 heteroatoms. The van der Waals surface area contributed by atoms with Gasteiger partial charge in [-0.2, -0.15) is 0 Å². The number of hydrogen-bond donors (Lipinski definition) is 2. The number of H-pyrrole nitrogens is 1. The molecule has 0 amide bonds. The summed E-state index contributed by atoms with van der Waals surface area (Å²) < 4.78 is 0. The number of pyridine rings is 1. The number of aromatic nitrogens is 3. The SMILES string of the molecule is NCc1cc(=O)c2cc(-c3cncnc3)ccc2[nH]1. The second-order valence-electron chi connectivity index (χ2n) is 4.25. The average molecular weight is 252 g/mol. The zero-order chi connectivity index (χ0) is 13.2. The Morgan fingerprint density at radius 1 is 1.11 bits per heavy atom. The quantitative estimate of drug-likeness (QED) is 0.722. The second kappa shape index (κ2) is 4.62. The molecule has 0 aliphatic heterocycles. The van der Waals surface area contributed by atoms with Gasteiger partial charge in [-0.3, -0.25) is 4.79 Å². The van der Waals surface area contributed by atoms with Crippen LogP contribution >= 0.6 is 0 Å². The Hall–Kier alpha value is -2.53. The summed E-state index contributed by atoms with van der Waals surface area (Å²) in [5.74, 6) is 0. The van der Waals surface area contributed by atoms with Gasteiger partial charge in [0.2, 0.25) is 0 Å². The van der Waals surface area contributed by atoms with Crippen molar-refractivity contribution < 1.29 is 0 Å². The lowest BCUT2D eigenvalue weighted by Gasteiger charge is -2.05. The summed E-state index contributed by atoms with van der Waals surface area (Å²) in [5, 5.41) is 0.638. The standard InChI is InChI=1S/C14H12N4O/c15-5-11-4-14(19)12-3-9(1-2-13(12)18-11)10-6-16-8-17-7-10/h1-4,6-8H,5,15H2,(H,18,19). The van der Waals surface area contributed by atoms with E-state index in [0.29, 0.717) is 11.9 Å². The van der Waals surface area contributed by atoms with E-state index in [2.05, 4.69) is 15.0 Å². The molecular weight excluding hydrogens is 240 g/mol. The number of nitrogens with zero attached hydrogens (tertiary/aromatic N) is 2. The van der Waals surface area contributed by atoms with Gasteiger partial charge in [-0.1, -0.05) is 6.07 Å². The van der Waals surface area contributed by atoms with E-state index in [9.17, 15) is 4.79 Å². The topological polar surface area (TPSA) is 84.7 Å². The van der Waals surface area contributed by atoms with Crippen LogP contribution in [0.25, 0.3) is 22.0 Å². The summed E-state index contributed by atoms with van der Waals surface area (Å²) >= 11 is 0. The van der Waals surface area contributed by atoms with E-state index in [1.807, 2.05) is 18.2 Å². The molecule has 0 aliphatic carbocycles. The fourth-order valence-corrected chi connectivity index (χ4v) is 2.04. The number of hydrogen-bond acceptors (Lipinski definition) is 4. The molecule has 0 saturated carbocycles. The van der Waals surface area contributed by atoms with Gasteiger partial charge in [-0.15, -0.1) is 0 Å². The number of benzene rings is 1. The molecule has 0 unspecified atom stereocenters. The normalized spacial score (nSPS) is 10.8. The minimum Gasteiger partial charge on any atom is -0.357 e. The minimum absolute atomic E-state index is 0.0344. The van der Waals surface area contributed by atoms with E-state index in [-0.39, 0.29) is 5.43 Å². The van der Waals surface area contributed by atoms with Crippen molar-refractivity contribution >= 4 is 10.9 Å². The molecule has 1 aromatic carbocycles. The van der Waals surface area contributed by atoms with Crippen LogP contribution in [0.15, 0.2) is 47.8 Å². The number of rotatable bonds is 2. The zero-order valence-corrected chi connectivity index (χ0v) is 10.1. The molecule has 5 nitrogen and oxygen atoms in total. The Morgan fingerprint density at radius 2 is 1.89 bits per heavy atom. The number of nitrogens with one attached hydrogen (secondary N) is 1. The average Bonchev–Trinajstić information content (AvgIpc) is 2.47. The zero-order valence-electron chi connectivity index (χ0n) is 10.1. The smallest absolute Gasteiger partial charge is 0.189 e. The highest BCUT2D eigenvalue weighted by Gasteiger charge is 2.04. The summed E-state index contributed by atoms with van der Waals surface area (Å²) in [6, 6.07) is 7.18. The highest BCUT2D eigenvalue weighted by Crippen LogP contribution is 2.20. The Kier molecular flexibility index (Phi) is 2.81. The summed E-state index contributed by atoms with van der Waals surface area (Å²) in [6.45, 7) is 0.319. The van der Waals surface area contributed by atoms with Gasteiger partial charge in [0, 0.05) is 47.2 Å². The van der Waals surface area contributed by atoms with Crippen LogP contribution in [0.1, 0.15) is 5.69 Å². The van der Waals surface area contributed by atoms with Crippen LogP contribution in [0.2, 0.25) is 0 Å². The number of fused-ring (bicyclic) bond motifs is 1. The Labute approximate surface area is 109 Å². The second-order valence-corrected chi connectivity index (χ2v) is 4.25. The molecule has 3 N–H and O–H groups in total. The summed E-state index contributed by atoms with van der Waals surface area (Å²) in [6.07, 6.45) is 4.91. The van der Waals surface area contributed by atoms with Crippen molar-refractivity contribution in [2.24, 2.45) is 5.73 Å². The first kappa shape index (κ1) is 11.6. The van der Waals surface area contributed by atoms with Crippen LogP contribution in [0.5, 0.6) is 0 Å². The molecule has 19 heavy (non-hydrogen) atoms. The van der Waals surface area contributed by atoms with Gasteiger partial charge in [0.25, 0.3) is 0 Å². The minimum atomic E-state index is -0.0344. The van der Waals surface area contributed by atoms with Crippen molar-refractivity contribution in [1.82, 2.24) is 15.0 Å². The monoisotopic (exact) mass is 252 g/mol. The van der Waals surface area contributed by atoms with Crippen LogP contribution in [0.3, 0.4) is 0 Å². The maximum atomic E-state index is 12.0. The van der Waals surface area contributed by atoms with Crippen LogP contribution in [-0.4, -0.2) is 15.0 Å². The molecule has 94 valence electrons. The maximum Gasteiger partial charge on any atom is 0.189 e. The van der Waals surface area contributed by atoms with Gasteiger partial charge in [0.1, 0.15) is 6.33 Å². The summed E-state index contributed by atoms with van der Waals surface area (Å²) in [7, 11) is 0. The van der Waals surface area contributed by atoms with E-state index in [1.165, 1.54) is 12.4 Å². The first-order valence-electron chi connectivity index (χ1n) is 5.89. The highest BCUT2D eigenvalue weighted by atomic mass is 16.1. The Bertz CT molecular complexity index is 780. The van der Waals surface area contributed by atoms with Crippen molar-refractivity contribution in [3.63, 3.8) is 0 Å². The molecule has 0 bridgehead atoms. The Morgan fingerprint density at radius 3 is 2.63 bits per heavy atom. The predicted octanol–water partition coefficient (Wildman–Crippen LogP) is 1.44. The van der Waals surface area contributed by atoms with Crippen molar-refractivity contribution in [3.8, 4) is 11.1 Å². The van der Waals surface area contributed by atoms with E-state index in [1.54, 1.807) is 12.4 Å². The molecule has 0 spiro atoms. The molecule has 2 heterocycles. The van der Waals surface area contributed by atoms with Crippen molar-refractivity contribution in [2.75, 3.05) is 0 Å². The lowest BCUT2D eigenvalue weighted by atomic mass is 10.1. The van der Waals surface area contributed by atoms with Crippen molar-refractivity contribution in [3.05, 3.63) is 58.9 Å². The largest absolute Gasteiger partial charge is 0.357 e. The number of aromatic amines is 1. The van der Waals surface area contributed by atoms with Gasteiger partial charge in [0.05, 0.1) is 0 Å². The first-order valence-corrected chi connectivity index (χ1v) is 5.89. The lowest BCUT2D eigenvalue weighted by Crippen LogP contribution is -2.08. The third-order valence-corrected chi connectivity index (χ3v) is 3.00. The van der Waals surface area contributed by atoms with Gasteiger partial charge >= 0.3 is 0 Å². The van der Waals surface area contributed by atoms with Crippen molar-refractivity contribution in [1.29, 1.82) is 0 Å². The van der Waals surface area contributed by atoms with E-state index in [4.69, 9.17) is 5.73 Å². The fourth-order valence-electron chi connectivity index (χ4n) is 2.04. The Balaban J connectivity index is 2.22. The molecule has 0 saturated heterocycles. The van der Waals surface area contributed by atoms with E-state index >= 15 is 0 Å². The molecule has 0 fully saturated rings. The molecule has 0 radical (unpaired) electrons. The molecule has 0 aliphatic rings. The van der Waals surface area contributed by atoms with E-state index in [0.717, 1.165) is 22.3 Å². The number of nitrogens with two attached hydrogens (primary N) is 1. The van der Waals surface area contributed by atoms with Crippen LogP contribution < -0.4 is 11.2 Å². The molecular formula is C14H12N4O. The molecule has 3 rings (SSSR count). The third-order valence-electron chi connectivity index (χ3n) is 3.00. The van der Waals surface area contributed by atoms with Gasteiger partial charge in [0.15, 0.2) is 5.43 Å². The summed E-state index contributed by atoms with van der Waals surface area (Å²) in [4.78, 5) is 23.1. The van der Waals surface area contributed by atoms with E-state index < -0.39 is 0 Å². The van der Waals surface area contributed by atoms with Crippen LogP contribution in [0, 0.1) is 0 Å². The highest BCUT2D eigenvalue weighted by molar-refractivity contribution is 5.84. The van der Waals surface area contributed by atoms with Gasteiger partial charge in [-0.25, -0.2) is 9.97 Å². The summed E-state index contributed by atoms with van der Waals surface area (Å²) in [5.41, 5.74) is 8.82. The van der Waals surface area contributed by atoms with Crippen LogP contribution in [0.4, 0.5) is 0 Å². The lowest BCUT2D eigenvalue weighted by molar-refractivity contribution is 1.00. The van der Waals surface area contributed by atoms with Crippen molar-refractivity contribution in [2.45, 2.75) is 6.54 Å². The molecule has 2 aromatic heterocycles. The molecule has 3 aromatic rings. The molecule has 0 atom stereocenters. The van der Waals surface area contributed by atoms with Gasteiger partial charge in [-0.05, 0) is 17.7 Å². The van der Waals surface area contributed by atoms with Gasteiger partial charge < -0.3 is 10.7 Å². The first-order chi connectivity index (χ1) is 9.28. The predicted molar refractivity (Wildman–Crippen MR) is 73.5 cm³/mol. The fraction of sp³-hybridized carbons (Fsp3) is 0.0714. The third kappa shape index (κ3) is 2.11. The van der Waals surface area contributed by atoms with Crippen LogP contribution in [-0.2, 0) is 6.54 Å².